The van der Waals surface area contributed by atoms with Crippen molar-refractivity contribution in [3.05, 3.63) is 35.4 Å². The van der Waals surface area contributed by atoms with E-state index in [1.54, 1.807) is 6.21 Å². The summed E-state index contributed by atoms with van der Waals surface area (Å²) >= 11 is 0. The van der Waals surface area contributed by atoms with Gasteiger partial charge in [0.2, 0.25) is 5.91 Å². The summed E-state index contributed by atoms with van der Waals surface area (Å²) in [5, 5.41) is 8.88. The van der Waals surface area contributed by atoms with E-state index in [1.807, 2.05) is 0 Å². The van der Waals surface area contributed by atoms with E-state index in [4.69, 9.17) is 0 Å². The molecule has 0 radical (unpaired) electrons. The highest BCUT2D eigenvalue weighted by Gasteiger charge is 2.43. The topological polar surface area (TPSA) is 44.7 Å². The third kappa shape index (κ3) is 2.55. The summed E-state index contributed by atoms with van der Waals surface area (Å²) < 4.78 is 27.5. The van der Waals surface area contributed by atoms with E-state index in [0.717, 1.165) is 38.1 Å². The first-order valence-electron chi connectivity index (χ1n) is 8.14. The van der Waals surface area contributed by atoms with Gasteiger partial charge in [-0.1, -0.05) is 0 Å². The Labute approximate surface area is 133 Å². The molecule has 23 heavy (non-hydrogen) atoms. The predicted octanol–water partition coefficient (Wildman–Crippen LogP) is 2.47. The lowest BCUT2D eigenvalue weighted by atomic mass is 10.00. The molecule has 122 valence electrons. The van der Waals surface area contributed by atoms with Gasteiger partial charge in [-0.05, 0) is 56.0 Å². The fourth-order valence-corrected chi connectivity index (χ4v) is 4.21. The monoisotopic (exact) mass is 319 g/mol. The minimum absolute atomic E-state index is 0.0539. The first kappa shape index (κ1) is 14.8. The van der Waals surface area contributed by atoms with Crippen LogP contribution in [0.25, 0.3) is 0 Å². The van der Waals surface area contributed by atoms with Gasteiger partial charge in [0.1, 0.15) is 11.6 Å². The maximum atomic E-state index is 14.1. The van der Waals surface area contributed by atoms with Crippen molar-refractivity contribution in [2.24, 2.45) is 22.9 Å². The van der Waals surface area contributed by atoms with Crippen molar-refractivity contribution in [2.45, 2.75) is 25.3 Å². The lowest BCUT2D eigenvalue weighted by Gasteiger charge is -2.25. The van der Waals surface area contributed by atoms with Gasteiger partial charge >= 0.3 is 0 Å². The summed E-state index contributed by atoms with van der Waals surface area (Å²) in [5.41, 5.74) is 0.204. The quantitative estimate of drug-likeness (QED) is 0.910. The summed E-state index contributed by atoms with van der Waals surface area (Å²) in [7, 11) is 0. The molecule has 1 aliphatic carbocycles. The second-order valence-electron chi connectivity index (χ2n) is 6.74. The van der Waals surface area contributed by atoms with E-state index in [1.165, 1.54) is 11.1 Å². The van der Waals surface area contributed by atoms with Gasteiger partial charge < -0.3 is 5.32 Å². The number of hydrogen-bond acceptors (Lipinski definition) is 3. The smallest absolute Gasteiger partial charge is 0.246 e. The predicted molar refractivity (Wildman–Crippen MR) is 81.6 cm³/mol. The van der Waals surface area contributed by atoms with E-state index in [-0.39, 0.29) is 17.4 Å². The zero-order chi connectivity index (χ0) is 16.0. The highest BCUT2D eigenvalue weighted by atomic mass is 19.1. The zero-order valence-corrected chi connectivity index (χ0v) is 12.7. The third-order valence-corrected chi connectivity index (χ3v) is 5.38. The number of carbonyl (C=O) groups excluding carboxylic acids is 1. The van der Waals surface area contributed by atoms with Crippen molar-refractivity contribution in [3.8, 4) is 0 Å². The molecule has 1 saturated carbocycles. The second kappa shape index (κ2) is 5.67. The number of nitrogens with one attached hydrogen (secondary N) is 1. The van der Waals surface area contributed by atoms with Crippen LogP contribution in [-0.2, 0) is 4.79 Å². The Morgan fingerprint density at radius 2 is 1.96 bits per heavy atom. The Hall–Kier alpha value is -1.82. The summed E-state index contributed by atoms with van der Waals surface area (Å²) in [6.07, 6.45) is 3.76. The van der Waals surface area contributed by atoms with Crippen LogP contribution in [0.15, 0.2) is 23.3 Å². The Balaban J connectivity index is 1.54. The molecule has 2 unspecified atom stereocenters. The van der Waals surface area contributed by atoms with Gasteiger partial charge in [-0.2, -0.15) is 5.10 Å². The number of fused-ring (bicyclic) bond motifs is 1. The molecule has 2 heterocycles. The third-order valence-electron chi connectivity index (χ3n) is 5.38. The molecule has 0 bridgehead atoms. The van der Waals surface area contributed by atoms with Gasteiger partial charge in [0.25, 0.3) is 0 Å². The molecule has 1 aromatic rings. The number of nitrogens with zero attached hydrogens (tertiary/aromatic N) is 2. The van der Waals surface area contributed by atoms with E-state index in [2.05, 4.69) is 10.4 Å². The van der Waals surface area contributed by atoms with Crippen LogP contribution in [0.5, 0.6) is 0 Å². The first-order valence-corrected chi connectivity index (χ1v) is 8.14. The number of amides is 1. The van der Waals surface area contributed by atoms with Crippen molar-refractivity contribution in [1.29, 1.82) is 0 Å². The van der Waals surface area contributed by atoms with Gasteiger partial charge in [0.05, 0.1) is 6.04 Å². The molecule has 4 atom stereocenters. The molecule has 3 aliphatic rings. The molecule has 1 aromatic carbocycles. The van der Waals surface area contributed by atoms with Crippen LogP contribution in [-0.4, -0.2) is 30.2 Å². The standard InChI is InChI=1S/C17H19F2N3O/c18-13-1-2-15(19)14(7-13)16-3-4-21-22(16)17(23)10-5-11-8-20-9-12(11)6-10/h1-2,4,7,10-12,16,20H,3,5-6,8-9H2/t10?,11-,12+,16?. The molecule has 1 saturated heterocycles. The van der Waals surface area contributed by atoms with Gasteiger partial charge in [-0.25, -0.2) is 13.8 Å². The summed E-state index contributed by atoms with van der Waals surface area (Å²) in [6.45, 7) is 1.94. The van der Waals surface area contributed by atoms with Gasteiger partial charge in [0, 0.05) is 24.1 Å². The van der Waals surface area contributed by atoms with Crippen LogP contribution in [0.2, 0.25) is 0 Å². The van der Waals surface area contributed by atoms with Crippen LogP contribution in [0, 0.1) is 29.4 Å². The number of halogens is 2. The molecule has 1 amide bonds. The van der Waals surface area contributed by atoms with Crippen LogP contribution in [0.4, 0.5) is 8.78 Å². The highest BCUT2D eigenvalue weighted by molar-refractivity contribution is 5.82. The van der Waals surface area contributed by atoms with Crippen LogP contribution in [0.3, 0.4) is 0 Å². The number of carbonyl (C=O) groups is 1. The van der Waals surface area contributed by atoms with Gasteiger partial charge in [0.15, 0.2) is 0 Å². The first-order chi connectivity index (χ1) is 11.1. The average Bonchev–Trinajstić information content (AvgIpc) is 3.23. The minimum atomic E-state index is -0.531. The number of rotatable bonds is 2. The zero-order valence-electron chi connectivity index (χ0n) is 12.7. The molecule has 4 rings (SSSR count). The van der Waals surface area contributed by atoms with E-state index < -0.39 is 17.7 Å². The van der Waals surface area contributed by atoms with Crippen LogP contribution in [0.1, 0.15) is 30.9 Å². The van der Waals surface area contributed by atoms with Crippen LogP contribution < -0.4 is 5.32 Å². The fraction of sp³-hybridized carbons (Fsp3) is 0.529. The molecule has 0 aromatic heterocycles. The van der Waals surface area contributed by atoms with Gasteiger partial charge in [-0.3, -0.25) is 4.79 Å². The van der Waals surface area contributed by atoms with Crippen molar-refractivity contribution in [3.63, 3.8) is 0 Å². The van der Waals surface area contributed by atoms with Crippen LogP contribution >= 0.6 is 0 Å². The molecular formula is C17H19F2N3O. The summed E-state index contributed by atoms with van der Waals surface area (Å²) in [5.74, 6) is 0.0115. The molecule has 2 aliphatic heterocycles. The van der Waals surface area contributed by atoms with Crippen molar-refractivity contribution < 1.29 is 13.6 Å². The number of benzene rings is 1. The van der Waals surface area contributed by atoms with Crippen molar-refractivity contribution in [2.75, 3.05) is 13.1 Å². The van der Waals surface area contributed by atoms with E-state index in [9.17, 15) is 13.6 Å². The maximum Gasteiger partial charge on any atom is 0.246 e. The van der Waals surface area contributed by atoms with Gasteiger partial charge in [-0.15, -0.1) is 0 Å². The van der Waals surface area contributed by atoms with E-state index in [0.29, 0.717) is 18.3 Å². The van der Waals surface area contributed by atoms with E-state index >= 15 is 0 Å². The summed E-state index contributed by atoms with van der Waals surface area (Å²) in [6, 6.07) is 2.84. The normalized spacial score (nSPS) is 32.5. The Morgan fingerprint density at radius 1 is 1.22 bits per heavy atom. The average molecular weight is 319 g/mol. The highest BCUT2D eigenvalue weighted by Crippen LogP contribution is 2.41. The Bertz CT molecular complexity index is 651. The largest absolute Gasteiger partial charge is 0.316 e. The Morgan fingerprint density at radius 3 is 2.70 bits per heavy atom. The number of hydrogen-bond donors (Lipinski definition) is 1. The SMILES string of the molecule is O=C(C1C[C@H]2CNC[C@H]2C1)N1N=CCC1c1cc(F)ccc1F. The summed E-state index contributed by atoms with van der Waals surface area (Å²) in [4.78, 5) is 12.8. The lowest BCUT2D eigenvalue weighted by Crippen LogP contribution is -2.33. The molecule has 4 nitrogen and oxygen atoms in total. The molecule has 1 N–H and O–H groups in total. The molecule has 0 spiro atoms. The Kier molecular flexibility index (Phi) is 3.64. The van der Waals surface area contributed by atoms with Crippen molar-refractivity contribution >= 4 is 12.1 Å². The van der Waals surface area contributed by atoms with Crippen molar-refractivity contribution in [1.82, 2.24) is 10.3 Å². The molecule has 2 fully saturated rings. The minimum Gasteiger partial charge on any atom is -0.316 e. The number of hydrazone groups is 1. The lowest BCUT2D eigenvalue weighted by molar-refractivity contribution is -0.137. The molecular weight excluding hydrogens is 300 g/mol. The maximum absolute atomic E-state index is 14.1. The fourth-order valence-electron chi connectivity index (χ4n) is 4.21. The second-order valence-corrected chi connectivity index (χ2v) is 6.74. The molecule has 6 heteroatoms.